The third-order valence-corrected chi connectivity index (χ3v) is 3.73. The molecule has 2 heterocycles. The van der Waals surface area contributed by atoms with Crippen molar-refractivity contribution in [1.29, 1.82) is 0 Å². The number of hydrogen-bond donors (Lipinski definition) is 2. The fraction of sp³-hybridized carbons (Fsp3) is 0.917. The summed E-state index contributed by atoms with van der Waals surface area (Å²) in [5.74, 6) is 0.0621. The number of ether oxygens (including phenoxy) is 1. The van der Waals surface area contributed by atoms with Gasteiger partial charge in [-0.2, -0.15) is 0 Å². The molecule has 2 rings (SSSR count). The van der Waals surface area contributed by atoms with Gasteiger partial charge in [0.15, 0.2) is 0 Å². The Hall–Kier alpha value is -0.650. The predicted molar refractivity (Wildman–Crippen MR) is 63.6 cm³/mol. The summed E-state index contributed by atoms with van der Waals surface area (Å²) in [7, 11) is 0. The Morgan fingerprint density at radius 3 is 3.06 bits per heavy atom. The van der Waals surface area contributed by atoms with Crippen molar-refractivity contribution in [3.8, 4) is 0 Å². The van der Waals surface area contributed by atoms with Crippen LogP contribution < -0.4 is 5.32 Å². The number of rotatable bonds is 4. The van der Waals surface area contributed by atoms with Crippen molar-refractivity contribution >= 4 is 5.91 Å². The molecule has 2 N–H and O–H groups in total. The van der Waals surface area contributed by atoms with Crippen molar-refractivity contribution in [3.05, 3.63) is 0 Å². The Morgan fingerprint density at radius 2 is 2.35 bits per heavy atom. The second-order valence-electron chi connectivity index (χ2n) is 4.82. The number of carbonyl (C=O) groups is 1. The molecule has 0 radical (unpaired) electrons. The molecule has 3 atom stereocenters. The van der Waals surface area contributed by atoms with E-state index in [1.165, 1.54) is 0 Å². The van der Waals surface area contributed by atoms with Crippen LogP contribution in [0, 0.1) is 5.92 Å². The van der Waals surface area contributed by atoms with E-state index in [4.69, 9.17) is 4.74 Å². The van der Waals surface area contributed by atoms with Crippen LogP contribution in [0.4, 0.5) is 0 Å². The molecule has 1 amide bonds. The number of aliphatic hydroxyl groups is 1. The molecule has 5 nitrogen and oxygen atoms in total. The van der Waals surface area contributed by atoms with Gasteiger partial charge in [0.05, 0.1) is 31.8 Å². The van der Waals surface area contributed by atoms with Gasteiger partial charge in [0.1, 0.15) is 0 Å². The van der Waals surface area contributed by atoms with E-state index in [0.29, 0.717) is 13.2 Å². The summed E-state index contributed by atoms with van der Waals surface area (Å²) in [4.78, 5) is 14.2. The SMILES string of the molecule is CCNC1COCC1C(=O)N1CCC[C@@H]1CO. The largest absolute Gasteiger partial charge is 0.394 e. The van der Waals surface area contributed by atoms with Gasteiger partial charge in [0, 0.05) is 12.6 Å². The highest BCUT2D eigenvalue weighted by Gasteiger charge is 2.39. The summed E-state index contributed by atoms with van der Waals surface area (Å²) in [5.41, 5.74) is 0. The lowest BCUT2D eigenvalue weighted by molar-refractivity contribution is -0.137. The Labute approximate surface area is 102 Å². The third-order valence-electron chi connectivity index (χ3n) is 3.73. The summed E-state index contributed by atoms with van der Waals surface area (Å²) in [5, 5.41) is 12.6. The van der Waals surface area contributed by atoms with Crippen molar-refractivity contribution in [2.75, 3.05) is 32.9 Å². The van der Waals surface area contributed by atoms with Crippen LogP contribution in [0.15, 0.2) is 0 Å². The van der Waals surface area contributed by atoms with E-state index in [-0.39, 0.29) is 30.5 Å². The number of amides is 1. The molecule has 0 aliphatic carbocycles. The molecule has 0 aromatic rings. The number of aliphatic hydroxyl groups excluding tert-OH is 1. The Bertz CT molecular complexity index is 272. The molecule has 98 valence electrons. The molecular weight excluding hydrogens is 220 g/mol. The van der Waals surface area contributed by atoms with Gasteiger partial charge in [-0.25, -0.2) is 0 Å². The fourth-order valence-corrected chi connectivity index (χ4v) is 2.79. The number of likely N-dealkylation sites (N-methyl/N-ethyl adjacent to an activating group) is 1. The van der Waals surface area contributed by atoms with Crippen molar-refractivity contribution in [1.82, 2.24) is 10.2 Å². The van der Waals surface area contributed by atoms with E-state index < -0.39 is 0 Å². The number of hydrogen-bond acceptors (Lipinski definition) is 4. The molecule has 0 bridgehead atoms. The number of likely N-dealkylation sites (tertiary alicyclic amines) is 1. The topological polar surface area (TPSA) is 61.8 Å². The molecule has 0 aromatic carbocycles. The van der Waals surface area contributed by atoms with Gasteiger partial charge in [-0.1, -0.05) is 6.92 Å². The standard InChI is InChI=1S/C12H22N2O3/c1-2-13-11-8-17-7-10(11)12(16)14-5-3-4-9(14)6-15/h9-11,13,15H,2-8H2,1H3/t9-,10?,11?/m1/s1. The first-order chi connectivity index (χ1) is 8.27. The minimum atomic E-state index is -0.0814. The highest BCUT2D eigenvalue weighted by molar-refractivity contribution is 5.80. The van der Waals surface area contributed by atoms with Crippen LogP contribution in [0.1, 0.15) is 19.8 Å². The van der Waals surface area contributed by atoms with Crippen LogP contribution in [-0.4, -0.2) is 60.9 Å². The van der Waals surface area contributed by atoms with Crippen LogP contribution >= 0.6 is 0 Å². The zero-order chi connectivity index (χ0) is 12.3. The average molecular weight is 242 g/mol. The summed E-state index contributed by atoms with van der Waals surface area (Å²) < 4.78 is 5.40. The minimum Gasteiger partial charge on any atom is -0.394 e. The van der Waals surface area contributed by atoms with Crippen molar-refractivity contribution in [2.45, 2.75) is 31.8 Å². The Kier molecular flexibility index (Phi) is 4.36. The zero-order valence-electron chi connectivity index (χ0n) is 10.4. The molecule has 2 aliphatic rings. The van der Waals surface area contributed by atoms with E-state index in [1.807, 2.05) is 11.8 Å². The van der Waals surface area contributed by atoms with Crippen LogP contribution in [0.5, 0.6) is 0 Å². The highest BCUT2D eigenvalue weighted by Crippen LogP contribution is 2.23. The molecule has 2 saturated heterocycles. The molecular formula is C12H22N2O3. The fourth-order valence-electron chi connectivity index (χ4n) is 2.79. The first-order valence-electron chi connectivity index (χ1n) is 6.50. The van der Waals surface area contributed by atoms with Crippen molar-refractivity contribution in [3.63, 3.8) is 0 Å². The van der Waals surface area contributed by atoms with E-state index >= 15 is 0 Å². The predicted octanol–water partition coefficient (Wildman–Crippen LogP) is -0.406. The van der Waals surface area contributed by atoms with Gasteiger partial charge in [0.2, 0.25) is 5.91 Å². The van der Waals surface area contributed by atoms with E-state index in [0.717, 1.165) is 25.9 Å². The maximum absolute atomic E-state index is 12.4. The van der Waals surface area contributed by atoms with Gasteiger partial charge in [-0.15, -0.1) is 0 Å². The normalized spacial score (nSPS) is 33.3. The monoisotopic (exact) mass is 242 g/mol. The van der Waals surface area contributed by atoms with E-state index in [9.17, 15) is 9.90 Å². The Morgan fingerprint density at radius 1 is 1.53 bits per heavy atom. The summed E-state index contributed by atoms with van der Waals surface area (Å²) in [6.07, 6.45) is 1.91. The summed E-state index contributed by atoms with van der Waals surface area (Å²) >= 11 is 0. The number of nitrogens with one attached hydrogen (secondary N) is 1. The second-order valence-corrected chi connectivity index (χ2v) is 4.82. The van der Waals surface area contributed by atoms with E-state index in [2.05, 4.69) is 5.32 Å². The van der Waals surface area contributed by atoms with Gasteiger partial charge in [-0.3, -0.25) is 4.79 Å². The van der Waals surface area contributed by atoms with Crippen molar-refractivity contribution < 1.29 is 14.6 Å². The van der Waals surface area contributed by atoms with Crippen LogP contribution in [0.25, 0.3) is 0 Å². The van der Waals surface area contributed by atoms with Gasteiger partial charge < -0.3 is 20.1 Å². The lowest BCUT2D eigenvalue weighted by Crippen LogP contribution is -2.48. The van der Waals surface area contributed by atoms with Gasteiger partial charge in [-0.05, 0) is 19.4 Å². The average Bonchev–Trinajstić information content (AvgIpc) is 2.96. The lowest BCUT2D eigenvalue weighted by atomic mass is 10.0. The molecule has 2 aliphatic heterocycles. The van der Waals surface area contributed by atoms with Crippen LogP contribution in [0.2, 0.25) is 0 Å². The number of carbonyl (C=O) groups excluding carboxylic acids is 1. The maximum atomic E-state index is 12.4. The smallest absolute Gasteiger partial charge is 0.230 e. The lowest BCUT2D eigenvalue weighted by Gasteiger charge is -2.28. The van der Waals surface area contributed by atoms with Crippen LogP contribution in [0.3, 0.4) is 0 Å². The number of nitrogens with zero attached hydrogens (tertiary/aromatic N) is 1. The quantitative estimate of drug-likeness (QED) is 0.704. The molecule has 2 fully saturated rings. The zero-order valence-corrected chi connectivity index (χ0v) is 10.4. The molecule has 0 spiro atoms. The summed E-state index contributed by atoms with van der Waals surface area (Å²) in [6.45, 7) is 4.85. The first-order valence-corrected chi connectivity index (χ1v) is 6.50. The molecule has 17 heavy (non-hydrogen) atoms. The maximum Gasteiger partial charge on any atom is 0.230 e. The van der Waals surface area contributed by atoms with Gasteiger partial charge in [0.25, 0.3) is 0 Å². The highest BCUT2D eigenvalue weighted by atomic mass is 16.5. The molecule has 0 aromatic heterocycles. The van der Waals surface area contributed by atoms with E-state index in [1.54, 1.807) is 0 Å². The summed E-state index contributed by atoms with van der Waals surface area (Å²) in [6, 6.07) is 0.151. The molecule has 2 unspecified atom stereocenters. The first kappa shape index (κ1) is 12.8. The second kappa shape index (κ2) is 5.80. The Balaban J connectivity index is 1.98. The minimum absolute atomic E-state index is 0.0189. The molecule has 0 saturated carbocycles. The van der Waals surface area contributed by atoms with Gasteiger partial charge >= 0.3 is 0 Å². The third kappa shape index (κ3) is 2.61. The molecule has 5 heteroatoms. The van der Waals surface area contributed by atoms with Crippen LogP contribution in [-0.2, 0) is 9.53 Å². The van der Waals surface area contributed by atoms with Crippen molar-refractivity contribution in [2.24, 2.45) is 5.92 Å².